The summed E-state index contributed by atoms with van der Waals surface area (Å²) in [6.45, 7) is 7.02. The zero-order chi connectivity index (χ0) is 17.8. The molecule has 8 heteroatoms. The first-order chi connectivity index (χ1) is 10.7. The van der Waals surface area contributed by atoms with E-state index in [2.05, 4.69) is 0 Å². The topological polar surface area (TPSA) is 91.4 Å². The Bertz CT molecular complexity index is 518. The van der Waals surface area contributed by atoms with Crippen LogP contribution in [-0.4, -0.2) is 61.9 Å². The van der Waals surface area contributed by atoms with Crippen molar-refractivity contribution in [3.63, 3.8) is 0 Å². The van der Waals surface area contributed by atoms with Crippen LogP contribution < -0.4 is 0 Å². The lowest BCUT2D eigenvalue weighted by molar-refractivity contribution is -0.147. The minimum Gasteiger partial charge on any atom is -0.496 e. The quantitative estimate of drug-likeness (QED) is 0.566. The molecule has 1 amide bonds. The Morgan fingerprint density at radius 1 is 1.17 bits per heavy atom. The Hall–Kier alpha value is -2.25. The highest BCUT2D eigenvalue weighted by molar-refractivity contribution is 6.01. The highest BCUT2D eigenvalue weighted by atomic mass is 16.6. The normalized spacial score (nSPS) is 17.8. The molecule has 0 bridgehead atoms. The van der Waals surface area contributed by atoms with E-state index in [-0.39, 0.29) is 24.5 Å². The predicted molar refractivity (Wildman–Crippen MR) is 79.4 cm³/mol. The first-order valence-corrected chi connectivity index (χ1v) is 7.17. The second-order valence-corrected chi connectivity index (χ2v) is 5.80. The van der Waals surface area contributed by atoms with Gasteiger partial charge >= 0.3 is 18.0 Å². The van der Waals surface area contributed by atoms with Crippen LogP contribution in [0.2, 0.25) is 0 Å². The van der Waals surface area contributed by atoms with Crippen LogP contribution in [0.3, 0.4) is 0 Å². The van der Waals surface area contributed by atoms with Crippen LogP contribution in [0.15, 0.2) is 11.3 Å². The zero-order valence-corrected chi connectivity index (χ0v) is 14.3. The molecule has 1 heterocycles. The van der Waals surface area contributed by atoms with E-state index in [1.54, 1.807) is 27.7 Å². The van der Waals surface area contributed by atoms with E-state index in [0.29, 0.717) is 0 Å². The average Bonchev–Trinajstić information content (AvgIpc) is 2.83. The molecule has 0 saturated heterocycles. The lowest BCUT2D eigenvalue weighted by Gasteiger charge is -2.27. The van der Waals surface area contributed by atoms with Gasteiger partial charge in [-0.25, -0.2) is 14.4 Å². The van der Waals surface area contributed by atoms with Gasteiger partial charge in [-0.1, -0.05) is 0 Å². The summed E-state index contributed by atoms with van der Waals surface area (Å²) in [6, 6.07) is -1.26. The molecule has 0 aromatic rings. The Morgan fingerprint density at radius 3 is 2.22 bits per heavy atom. The Kier molecular flexibility index (Phi) is 6.00. The fraction of sp³-hybridized carbons (Fsp3) is 0.667. The molecule has 0 spiro atoms. The van der Waals surface area contributed by atoms with Gasteiger partial charge in [-0.2, -0.15) is 0 Å². The molecule has 0 N–H and O–H groups in total. The summed E-state index contributed by atoms with van der Waals surface area (Å²) in [5, 5.41) is 0. The molecule has 0 fully saturated rings. The Balaban J connectivity index is 3.22. The lowest BCUT2D eigenvalue weighted by atomic mass is 10.1. The van der Waals surface area contributed by atoms with Gasteiger partial charge in [-0.3, -0.25) is 4.90 Å². The van der Waals surface area contributed by atoms with Gasteiger partial charge in [-0.15, -0.1) is 0 Å². The second kappa shape index (κ2) is 7.34. The highest BCUT2D eigenvalue weighted by Crippen LogP contribution is 2.29. The summed E-state index contributed by atoms with van der Waals surface area (Å²) in [6.07, 6.45) is -0.746. The van der Waals surface area contributed by atoms with Crippen LogP contribution in [0.25, 0.3) is 0 Å². The summed E-state index contributed by atoms with van der Waals surface area (Å²) < 4.78 is 20.1. The van der Waals surface area contributed by atoms with E-state index < -0.39 is 29.7 Å². The monoisotopic (exact) mass is 329 g/mol. The maximum absolute atomic E-state index is 12.4. The van der Waals surface area contributed by atoms with Crippen molar-refractivity contribution in [3.8, 4) is 0 Å². The molecule has 0 aromatic heterocycles. The third-order valence-corrected chi connectivity index (χ3v) is 2.98. The summed E-state index contributed by atoms with van der Waals surface area (Å²) in [7, 11) is 2.35. The molecule has 1 aliphatic rings. The van der Waals surface area contributed by atoms with Crippen LogP contribution in [0, 0.1) is 0 Å². The highest BCUT2D eigenvalue weighted by Gasteiger charge is 2.47. The maximum atomic E-state index is 12.4. The van der Waals surface area contributed by atoms with Crippen LogP contribution in [0.1, 0.15) is 27.7 Å². The van der Waals surface area contributed by atoms with Crippen LogP contribution in [0.4, 0.5) is 4.79 Å². The van der Waals surface area contributed by atoms with Crippen molar-refractivity contribution >= 4 is 18.0 Å². The van der Waals surface area contributed by atoms with E-state index in [4.69, 9.17) is 18.9 Å². The van der Waals surface area contributed by atoms with Crippen LogP contribution >= 0.6 is 0 Å². The Morgan fingerprint density at radius 2 is 1.78 bits per heavy atom. The van der Waals surface area contributed by atoms with Gasteiger partial charge in [0.15, 0.2) is 6.04 Å². The van der Waals surface area contributed by atoms with E-state index in [1.165, 1.54) is 14.2 Å². The molecule has 8 nitrogen and oxygen atoms in total. The summed E-state index contributed by atoms with van der Waals surface area (Å²) >= 11 is 0. The smallest absolute Gasteiger partial charge is 0.411 e. The van der Waals surface area contributed by atoms with Crippen molar-refractivity contribution in [2.75, 3.05) is 27.4 Å². The lowest BCUT2D eigenvalue weighted by Crippen LogP contribution is -2.46. The van der Waals surface area contributed by atoms with E-state index >= 15 is 0 Å². The minimum atomic E-state index is -1.26. The fourth-order valence-corrected chi connectivity index (χ4v) is 2.12. The molecular weight excluding hydrogens is 306 g/mol. The van der Waals surface area contributed by atoms with Crippen molar-refractivity contribution in [3.05, 3.63) is 11.3 Å². The number of carbonyl (C=O) groups excluding carboxylic acids is 3. The molecule has 23 heavy (non-hydrogen) atoms. The molecule has 0 aromatic carbocycles. The third-order valence-electron chi connectivity index (χ3n) is 2.98. The van der Waals surface area contributed by atoms with E-state index in [1.807, 2.05) is 0 Å². The minimum absolute atomic E-state index is 0.0490. The Labute approximate surface area is 135 Å². The van der Waals surface area contributed by atoms with Gasteiger partial charge in [0, 0.05) is 0 Å². The SMILES string of the molecule is CCOC1=C(C(=O)OC)C(C(=O)OC)N(C(=O)OC(C)(C)C)C1. The fourth-order valence-electron chi connectivity index (χ4n) is 2.12. The molecule has 1 aliphatic heterocycles. The number of rotatable bonds is 4. The molecule has 0 saturated carbocycles. The number of nitrogens with zero attached hydrogens (tertiary/aromatic N) is 1. The predicted octanol–water partition coefficient (Wildman–Crippen LogP) is 1.24. The number of hydrogen-bond donors (Lipinski definition) is 0. The van der Waals surface area contributed by atoms with Gasteiger partial charge in [0.1, 0.15) is 16.9 Å². The molecular formula is C15H23NO7. The van der Waals surface area contributed by atoms with Crippen LogP contribution in [-0.2, 0) is 28.5 Å². The van der Waals surface area contributed by atoms with E-state index in [9.17, 15) is 14.4 Å². The number of methoxy groups -OCH3 is 2. The summed E-state index contributed by atoms with van der Waals surface area (Å²) in [4.78, 5) is 37.6. The average molecular weight is 329 g/mol. The van der Waals surface area contributed by atoms with Gasteiger partial charge in [-0.05, 0) is 27.7 Å². The zero-order valence-electron chi connectivity index (χ0n) is 14.3. The van der Waals surface area contributed by atoms with Gasteiger partial charge in [0.05, 0.1) is 27.4 Å². The number of carbonyl (C=O) groups is 3. The van der Waals surface area contributed by atoms with Crippen molar-refractivity contribution in [2.45, 2.75) is 39.3 Å². The molecule has 130 valence electrons. The van der Waals surface area contributed by atoms with Gasteiger partial charge < -0.3 is 18.9 Å². The number of esters is 2. The molecule has 1 unspecified atom stereocenters. The molecule has 0 aliphatic carbocycles. The number of ether oxygens (including phenoxy) is 4. The largest absolute Gasteiger partial charge is 0.496 e. The summed E-state index contributed by atoms with van der Waals surface area (Å²) in [5.74, 6) is -1.33. The molecule has 0 radical (unpaired) electrons. The van der Waals surface area contributed by atoms with Gasteiger partial charge in [0.2, 0.25) is 0 Å². The number of amides is 1. The number of hydrogen-bond acceptors (Lipinski definition) is 7. The maximum Gasteiger partial charge on any atom is 0.411 e. The first kappa shape index (κ1) is 18.8. The molecule has 1 atom stereocenters. The third kappa shape index (κ3) is 4.37. The second-order valence-electron chi connectivity index (χ2n) is 5.80. The van der Waals surface area contributed by atoms with E-state index in [0.717, 1.165) is 4.90 Å². The standard InChI is InChI=1S/C15H23NO7/c1-7-22-9-8-16(14(19)23-15(2,3)4)11(13(18)21-6)10(9)12(17)20-5/h11H,7-8H2,1-6H3. The van der Waals surface area contributed by atoms with Crippen molar-refractivity contribution in [1.29, 1.82) is 0 Å². The first-order valence-electron chi connectivity index (χ1n) is 7.17. The van der Waals surface area contributed by atoms with Gasteiger partial charge in [0.25, 0.3) is 0 Å². The van der Waals surface area contributed by atoms with Crippen molar-refractivity contribution in [1.82, 2.24) is 4.90 Å². The molecule has 1 rings (SSSR count). The van der Waals surface area contributed by atoms with Crippen molar-refractivity contribution in [2.24, 2.45) is 0 Å². The van der Waals surface area contributed by atoms with Crippen LogP contribution in [0.5, 0.6) is 0 Å². The van der Waals surface area contributed by atoms with Crippen molar-refractivity contribution < 1.29 is 33.3 Å². The summed E-state index contributed by atoms with van der Waals surface area (Å²) in [5.41, 5.74) is -0.801.